The van der Waals surface area contributed by atoms with Crippen LogP contribution in [0.5, 0.6) is 11.6 Å². The van der Waals surface area contributed by atoms with E-state index in [1.807, 2.05) is 12.1 Å². The molecule has 17 heavy (non-hydrogen) atoms. The van der Waals surface area contributed by atoms with Gasteiger partial charge in [0.1, 0.15) is 5.75 Å². The average Bonchev–Trinajstić information content (AvgIpc) is 2.33. The van der Waals surface area contributed by atoms with Gasteiger partial charge in [0.25, 0.3) is 0 Å². The molecule has 0 atom stereocenters. The molecule has 1 aromatic heterocycles. The third-order valence-electron chi connectivity index (χ3n) is 2.27. The Bertz CT molecular complexity index is 485. The Morgan fingerprint density at radius 2 is 1.94 bits per heavy atom. The van der Waals surface area contributed by atoms with E-state index in [-0.39, 0.29) is 0 Å². The van der Waals surface area contributed by atoms with E-state index in [0.29, 0.717) is 23.2 Å². The Labute approximate surface area is 105 Å². The highest BCUT2D eigenvalue weighted by Crippen LogP contribution is 2.21. The van der Waals surface area contributed by atoms with Gasteiger partial charge < -0.3 is 10.5 Å². The topological polar surface area (TPSA) is 48.1 Å². The van der Waals surface area contributed by atoms with E-state index < -0.39 is 0 Å². The Kier molecular flexibility index (Phi) is 3.96. The van der Waals surface area contributed by atoms with Gasteiger partial charge in [-0.25, -0.2) is 4.98 Å². The maximum Gasteiger partial charge on any atom is 0.219 e. The fraction of sp³-hybridized carbons (Fsp3) is 0.154. The van der Waals surface area contributed by atoms with Gasteiger partial charge in [0.2, 0.25) is 5.88 Å². The molecule has 2 rings (SSSR count). The summed E-state index contributed by atoms with van der Waals surface area (Å²) in [5.74, 6) is 1.28. The summed E-state index contributed by atoms with van der Waals surface area (Å²) >= 11 is 5.80. The molecule has 0 saturated heterocycles. The summed E-state index contributed by atoms with van der Waals surface area (Å²) in [6, 6.07) is 11.0. The van der Waals surface area contributed by atoms with Crippen molar-refractivity contribution in [1.29, 1.82) is 0 Å². The van der Waals surface area contributed by atoms with Crippen LogP contribution in [0.15, 0.2) is 42.6 Å². The molecule has 0 spiro atoms. The van der Waals surface area contributed by atoms with Crippen LogP contribution in [0.2, 0.25) is 5.02 Å². The summed E-state index contributed by atoms with van der Waals surface area (Å²) in [6.45, 7) is 0.615. The van der Waals surface area contributed by atoms with Crippen LogP contribution in [0, 0.1) is 0 Å². The number of pyridine rings is 1. The normalized spacial score (nSPS) is 10.2. The first-order chi connectivity index (χ1) is 8.28. The first-order valence-corrected chi connectivity index (χ1v) is 5.74. The van der Waals surface area contributed by atoms with Crippen LogP contribution in [0.3, 0.4) is 0 Å². The molecule has 2 aromatic rings. The van der Waals surface area contributed by atoms with Crippen LogP contribution in [-0.4, -0.2) is 11.5 Å². The molecule has 0 fully saturated rings. The van der Waals surface area contributed by atoms with Crippen LogP contribution < -0.4 is 10.5 Å². The number of rotatable bonds is 4. The van der Waals surface area contributed by atoms with Crippen LogP contribution in [0.25, 0.3) is 0 Å². The summed E-state index contributed by atoms with van der Waals surface area (Å²) in [5, 5.41) is 0.683. The zero-order chi connectivity index (χ0) is 12.1. The van der Waals surface area contributed by atoms with Crippen molar-refractivity contribution in [3.8, 4) is 11.6 Å². The van der Waals surface area contributed by atoms with Crippen LogP contribution in [0.1, 0.15) is 5.56 Å². The molecule has 1 aromatic carbocycles. The Balaban J connectivity index is 2.12. The predicted octanol–water partition coefficient (Wildman–Crippen LogP) is 3.03. The molecule has 0 amide bonds. The van der Waals surface area contributed by atoms with E-state index in [1.165, 1.54) is 0 Å². The van der Waals surface area contributed by atoms with E-state index in [1.54, 1.807) is 30.5 Å². The fourth-order valence-corrected chi connectivity index (χ4v) is 1.58. The highest BCUT2D eigenvalue weighted by atomic mass is 35.5. The van der Waals surface area contributed by atoms with E-state index in [0.717, 1.165) is 12.0 Å². The van der Waals surface area contributed by atoms with Crippen molar-refractivity contribution < 1.29 is 4.74 Å². The molecular weight excluding hydrogens is 236 g/mol. The van der Waals surface area contributed by atoms with Crippen molar-refractivity contribution in [3.05, 3.63) is 53.2 Å². The van der Waals surface area contributed by atoms with Crippen molar-refractivity contribution in [2.24, 2.45) is 5.73 Å². The monoisotopic (exact) mass is 248 g/mol. The zero-order valence-corrected chi connectivity index (χ0v) is 10.0. The number of aromatic nitrogens is 1. The SMILES string of the molecule is NCCc1ccnc(Oc2ccc(Cl)cc2)c1. The molecule has 0 aliphatic heterocycles. The van der Waals surface area contributed by atoms with Crippen molar-refractivity contribution in [1.82, 2.24) is 4.98 Å². The highest BCUT2D eigenvalue weighted by molar-refractivity contribution is 6.30. The molecule has 1 heterocycles. The van der Waals surface area contributed by atoms with Gasteiger partial charge in [-0.1, -0.05) is 11.6 Å². The predicted molar refractivity (Wildman–Crippen MR) is 68.5 cm³/mol. The van der Waals surface area contributed by atoms with Gasteiger partial charge >= 0.3 is 0 Å². The minimum absolute atomic E-state index is 0.568. The van der Waals surface area contributed by atoms with Gasteiger partial charge in [-0.2, -0.15) is 0 Å². The summed E-state index contributed by atoms with van der Waals surface area (Å²) in [4.78, 5) is 4.14. The van der Waals surface area contributed by atoms with Crippen LogP contribution in [-0.2, 0) is 6.42 Å². The summed E-state index contributed by atoms with van der Waals surface area (Å²) < 4.78 is 5.61. The number of halogens is 1. The third kappa shape index (κ3) is 3.44. The second-order valence-electron chi connectivity index (χ2n) is 3.60. The molecule has 0 aliphatic carbocycles. The first-order valence-electron chi connectivity index (χ1n) is 5.36. The lowest BCUT2D eigenvalue weighted by Gasteiger charge is -2.06. The number of benzene rings is 1. The van der Waals surface area contributed by atoms with Crippen LogP contribution >= 0.6 is 11.6 Å². The van der Waals surface area contributed by atoms with Gasteiger partial charge in [-0.05, 0) is 48.9 Å². The largest absolute Gasteiger partial charge is 0.439 e. The average molecular weight is 249 g/mol. The molecule has 0 radical (unpaired) electrons. The quantitative estimate of drug-likeness (QED) is 0.905. The van der Waals surface area contributed by atoms with E-state index in [2.05, 4.69) is 4.98 Å². The summed E-state index contributed by atoms with van der Waals surface area (Å²) in [7, 11) is 0. The van der Waals surface area contributed by atoms with Gasteiger partial charge in [0.05, 0.1) is 0 Å². The van der Waals surface area contributed by atoms with Crippen molar-refractivity contribution in [2.75, 3.05) is 6.54 Å². The van der Waals surface area contributed by atoms with Crippen molar-refractivity contribution in [2.45, 2.75) is 6.42 Å². The number of nitrogens with zero attached hydrogens (tertiary/aromatic N) is 1. The molecular formula is C13H13ClN2O. The molecule has 0 aliphatic rings. The maximum absolute atomic E-state index is 5.80. The number of hydrogen-bond acceptors (Lipinski definition) is 3. The molecule has 88 valence electrons. The second kappa shape index (κ2) is 5.66. The lowest BCUT2D eigenvalue weighted by molar-refractivity contribution is 0.462. The fourth-order valence-electron chi connectivity index (χ4n) is 1.45. The Morgan fingerprint density at radius 1 is 1.18 bits per heavy atom. The second-order valence-corrected chi connectivity index (χ2v) is 4.03. The molecule has 4 heteroatoms. The third-order valence-corrected chi connectivity index (χ3v) is 2.52. The van der Waals surface area contributed by atoms with Crippen molar-refractivity contribution >= 4 is 11.6 Å². The smallest absolute Gasteiger partial charge is 0.219 e. The molecule has 2 N–H and O–H groups in total. The molecule has 0 bridgehead atoms. The Hall–Kier alpha value is -1.58. The lowest BCUT2D eigenvalue weighted by Crippen LogP contribution is -2.02. The molecule has 0 saturated carbocycles. The van der Waals surface area contributed by atoms with Gasteiger partial charge in [-0.15, -0.1) is 0 Å². The lowest BCUT2D eigenvalue weighted by atomic mass is 10.2. The van der Waals surface area contributed by atoms with E-state index in [9.17, 15) is 0 Å². The summed E-state index contributed by atoms with van der Waals surface area (Å²) in [5.41, 5.74) is 6.62. The first kappa shape index (κ1) is 11.9. The molecule has 0 unspecified atom stereocenters. The van der Waals surface area contributed by atoms with Gasteiger partial charge in [-0.3, -0.25) is 0 Å². The molecule has 3 nitrogen and oxygen atoms in total. The minimum atomic E-state index is 0.568. The van der Waals surface area contributed by atoms with E-state index in [4.69, 9.17) is 22.1 Å². The van der Waals surface area contributed by atoms with Crippen molar-refractivity contribution in [3.63, 3.8) is 0 Å². The number of ether oxygens (including phenoxy) is 1. The van der Waals surface area contributed by atoms with Crippen LogP contribution in [0.4, 0.5) is 0 Å². The number of hydrogen-bond donors (Lipinski definition) is 1. The Morgan fingerprint density at radius 3 is 2.65 bits per heavy atom. The summed E-state index contributed by atoms with van der Waals surface area (Å²) in [6.07, 6.45) is 2.54. The standard InChI is InChI=1S/C13H13ClN2O/c14-11-1-3-12(4-2-11)17-13-9-10(5-7-15)6-8-16-13/h1-4,6,8-9H,5,7,15H2. The highest BCUT2D eigenvalue weighted by Gasteiger charge is 2.00. The van der Waals surface area contributed by atoms with Gasteiger partial charge in [0.15, 0.2) is 0 Å². The van der Waals surface area contributed by atoms with E-state index >= 15 is 0 Å². The zero-order valence-electron chi connectivity index (χ0n) is 9.27. The van der Waals surface area contributed by atoms with Gasteiger partial charge in [0, 0.05) is 17.3 Å². The minimum Gasteiger partial charge on any atom is -0.439 e. The maximum atomic E-state index is 5.80. The number of nitrogens with two attached hydrogens (primary N) is 1.